The molecule has 0 saturated carbocycles. The lowest BCUT2D eigenvalue weighted by Gasteiger charge is -2.23. The SMILES string of the molecule is CC(C)CCC(C)(C)CC(N)=O. The number of rotatable bonds is 5. The highest BCUT2D eigenvalue weighted by Crippen LogP contribution is 2.27. The fourth-order valence-corrected chi connectivity index (χ4v) is 1.24. The zero-order valence-corrected chi connectivity index (χ0v) is 8.68. The summed E-state index contributed by atoms with van der Waals surface area (Å²) in [7, 11) is 0. The smallest absolute Gasteiger partial charge is 0.217 e. The maximum atomic E-state index is 10.7. The maximum absolute atomic E-state index is 10.7. The van der Waals surface area contributed by atoms with Gasteiger partial charge in [0.2, 0.25) is 5.91 Å². The second-order valence-electron chi connectivity index (χ2n) is 4.74. The number of amides is 1. The fraction of sp³-hybridized carbons (Fsp3) is 0.900. The second-order valence-corrected chi connectivity index (χ2v) is 4.74. The summed E-state index contributed by atoms with van der Waals surface area (Å²) in [6, 6.07) is 0. The van der Waals surface area contributed by atoms with Gasteiger partial charge >= 0.3 is 0 Å². The first-order valence-electron chi connectivity index (χ1n) is 4.62. The van der Waals surface area contributed by atoms with Crippen LogP contribution in [0, 0.1) is 11.3 Å². The van der Waals surface area contributed by atoms with Crippen LogP contribution >= 0.6 is 0 Å². The number of carbonyl (C=O) groups excluding carboxylic acids is 1. The average molecular weight is 171 g/mol. The van der Waals surface area contributed by atoms with Crippen molar-refractivity contribution < 1.29 is 4.79 Å². The first kappa shape index (κ1) is 11.5. The Morgan fingerprint density at radius 3 is 2.25 bits per heavy atom. The summed E-state index contributed by atoms with van der Waals surface area (Å²) in [6.45, 7) is 8.58. The molecule has 0 fully saturated rings. The third-order valence-electron chi connectivity index (χ3n) is 2.05. The van der Waals surface area contributed by atoms with Gasteiger partial charge in [0.05, 0.1) is 0 Å². The zero-order valence-electron chi connectivity index (χ0n) is 8.68. The summed E-state index contributed by atoms with van der Waals surface area (Å²) >= 11 is 0. The highest BCUT2D eigenvalue weighted by atomic mass is 16.1. The normalized spacial score (nSPS) is 12.1. The molecule has 0 bridgehead atoms. The molecule has 0 heterocycles. The van der Waals surface area contributed by atoms with Crippen LogP contribution in [0.1, 0.15) is 47.0 Å². The van der Waals surface area contributed by atoms with E-state index in [0.717, 1.165) is 6.42 Å². The summed E-state index contributed by atoms with van der Waals surface area (Å²) in [4.78, 5) is 10.7. The van der Waals surface area contributed by atoms with Crippen LogP contribution < -0.4 is 5.73 Å². The number of primary amides is 1. The Morgan fingerprint density at radius 2 is 1.92 bits per heavy atom. The molecule has 0 aliphatic carbocycles. The van der Waals surface area contributed by atoms with Gasteiger partial charge in [0.25, 0.3) is 0 Å². The van der Waals surface area contributed by atoms with Crippen molar-refractivity contribution in [2.45, 2.75) is 47.0 Å². The highest BCUT2D eigenvalue weighted by Gasteiger charge is 2.20. The topological polar surface area (TPSA) is 43.1 Å². The van der Waals surface area contributed by atoms with Crippen LogP contribution in [0.4, 0.5) is 0 Å². The van der Waals surface area contributed by atoms with Crippen molar-refractivity contribution in [1.82, 2.24) is 0 Å². The van der Waals surface area contributed by atoms with Crippen molar-refractivity contribution in [1.29, 1.82) is 0 Å². The van der Waals surface area contributed by atoms with Gasteiger partial charge in [-0.25, -0.2) is 0 Å². The standard InChI is InChI=1S/C10H21NO/c1-8(2)5-6-10(3,4)7-9(11)12/h8H,5-7H2,1-4H3,(H2,11,12). The van der Waals surface area contributed by atoms with Crippen molar-refractivity contribution in [3.05, 3.63) is 0 Å². The summed E-state index contributed by atoms with van der Waals surface area (Å²) in [6.07, 6.45) is 2.74. The Labute approximate surface area is 75.5 Å². The van der Waals surface area contributed by atoms with Crippen LogP contribution in [-0.4, -0.2) is 5.91 Å². The molecular weight excluding hydrogens is 150 g/mol. The molecule has 0 spiro atoms. The second kappa shape index (κ2) is 4.48. The molecule has 0 rings (SSSR count). The van der Waals surface area contributed by atoms with Crippen molar-refractivity contribution >= 4 is 5.91 Å². The van der Waals surface area contributed by atoms with E-state index in [1.54, 1.807) is 0 Å². The number of hydrogen-bond acceptors (Lipinski definition) is 1. The largest absolute Gasteiger partial charge is 0.370 e. The molecule has 0 unspecified atom stereocenters. The third kappa shape index (κ3) is 6.20. The van der Waals surface area contributed by atoms with E-state index in [9.17, 15) is 4.79 Å². The first-order valence-corrected chi connectivity index (χ1v) is 4.62. The molecule has 72 valence electrons. The molecule has 0 aromatic rings. The highest BCUT2D eigenvalue weighted by molar-refractivity contribution is 5.74. The van der Waals surface area contributed by atoms with Crippen LogP contribution in [0.25, 0.3) is 0 Å². The molecule has 1 amide bonds. The Hall–Kier alpha value is -0.530. The van der Waals surface area contributed by atoms with E-state index < -0.39 is 0 Å². The quantitative estimate of drug-likeness (QED) is 0.677. The Morgan fingerprint density at radius 1 is 1.42 bits per heavy atom. The van der Waals surface area contributed by atoms with Crippen molar-refractivity contribution in [3.8, 4) is 0 Å². The van der Waals surface area contributed by atoms with Gasteiger partial charge in [0, 0.05) is 6.42 Å². The van der Waals surface area contributed by atoms with Gasteiger partial charge in [0.15, 0.2) is 0 Å². The first-order chi connectivity index (χ1) is 5.33. The number of hydrogen-bond donors (Lipinski definition) is 1. The zero-order chi connectivity index (χ0) is 9.78. The molecule has 2 N–H and O–H groups in total. The van der Waals surface area contributed by atoms with Crippen molar-refractivity contribution in [2.75, 3.05) is 0 Å². The molecule has 2 heteroatoms. The summed E-state index contributed by atoms with van der Waals surface area (Å²) in [5.74, 6) is 0.515. The van der Waals surface area contributed by atoms with E-state index in [1.807, 2.05) is 0 Å². The molecule has 0 radical (unpaired) electrons. The molecule has 2 nitrogen and oxygen atoms in total. The van der Waals surface area contributed by atoms with Crippen LogP contribution in [0.3, 0.4) is 0 Å². The minimum atomic E-state index is -0.191. The van der Waals surface area contributed by atoms with E-state index in [1.165, 1.54) is 6.42 Å². The van der Waals surface area contributed by atoms with E-state index in [0.29, 0.717) is 12.3 Å². The molecule has 0 aliphatic heterocycles. The van der Waals surface area contributed by atoms with Crippen LogP contribution in [-0.2, 0) is 4.79 Å². The fourth-order valence-electron chi connectivity index (χ4n) is 1.24. The molecular formula is C10H21NO. The van der Waals surface area contributed by atoms with E-state index in [4.69, 9.17) is 5.73 Å². The summed E-state index contributed by atoms with van der Waals surface area (Å²) in [5, 5.41) is 0. The molecule has 0 aromatic carbocycles. The van der Waals surface area contributed by atoms with Gasteiger partial charge in [-0.2, -0.15) is 0 Å². The van der Waals surface area contributed by atoms with Crippen molar-refractivity contribution in [2.24, 2.45) is 17.1 Å². The van der Waals surface area contributed by atoms with Crippen LogP contribution in [0.15, 0.2) is 0 Å². The van der Waals surface area contributed by atoms with Gasteiger partial charge in [0.1, 0.15) is 0 Å². The summed E-state index contributed by atoms with van der Waals surface area (Å²) in [5.41, 5.74) is 5.23. The monoisotopic (exact) mass is 171 g/mol. The maximum Gasteiger partial charge on any atom is 0.217 e. The lowest BCUT2D eigenvalue weighted by atomic mass is 9.82. The van der Waals surface area contributed by atoms with Crippen LogP contribution in [0.2, 0.25) is 0 Å². The van der Waals surface area contributed by atoms with Gasteiger partial charge in [-0.15, -0.1) is 0 Å². The Balaban J connectivity index is 3.78. The minimum Gasteiger partial charge on any atom is -0.370 e. The van der Waals surface area contributed by atoms with Gasteiger partial charge < -0.3 is 5.73 Å². The lowest BCUT2D eigenvalue weighted by Crippen LogP contribution is -2.22. The Bertz CT molecular complexity index is 150. The van der Waals surface area contributed by atoms with Gasteiger partial charge in [-0.1, -0.05) is 34.1 Å². The molecule has 0 aromatic heterocycles. The van der Waals surface area contributed by atoms with Crippen LogP contribution in [0.5, 0.6) is 0 Å². The average Bonchev–Trinajstić information content (AvgIpc) is 1.81. The molecule has 0 aliphatic rings. The molecule has 0 atom stereocenters. The van der Waals surface area contributed by atoms with Crippen molar-refractivity contribution in [3.63, 3.8) is 0 Å². The number of carbonyl (C=O) groups is 1. The predicted octanol–water partition coefficient (Wildman–Crippen LogP) is 2.32. The van der Waals surface area contributed by atoms with Gasteiger partial charge in [-0.3, -0.25) is 4.79 Å². The predicted molar refractivity (Wildman–Crippen MR) is 51.7 cm³/mol. The summed E-state index contributed by atoms with van der Waals surface area (Å²) < 4.78 is 0. The van der Waals surface area contributed by atoms with E-state index in [-0.39, 0.29) is 11.3 Å². The molecule has 12 heavy (non-hydrogen) atoms. The van der Waals surface area contributed by atoms with Gasteiger partial charge in [-0.05, 0) is 17.8 Å². The Kier molecular flexibility index (Phi) is 4.29. The third-order valence-corrected chi connectivity index (χ3v) is 2.05. The van der Waals surface area contributed by atoms with E-state index in [2.05, 4.69) is 27.7 Å². The molecule has 0 saturated heterocycles. The minimum absolute atomic E-state index is 0.0795. The lowest BCUT2D eigenvalue weighted by molar-refractivity contribution is -0.120. The van der Waals surface area contributed by atoms with E-state index >= 15 is 0 Å². The number of nitrogens with two attached hydrogens (primary N) is 1.